The van der Waals surface area contributed by atoms with Crippen LogP contribution in [0.5, 0.6) is 0 Å². The van der Waals surface area contributed by atoms with Gasteiger partial charge in [-0.05, 0) is 47.4 Å². The first-order valence-electron chi connectivity index (χ1n) is 6.56. The lowest BCUT2D eigenvalue weighted by atomic mass is 10.2. The Bertz CT molecular complexity index is 405. The Morgan fingerprint density at radius 2 is 1.95 bits per heavy atom. The maximum atomic E-state index is 13.7. The molecule has 0 aliphatic carbocycles. The van der Waals surface area contributed by atoms with Crippen molar-refractivity contribution in [1.29, 1.82) is 0 Å². The Hall–Kier alpha value is -0.560. The van der Waals surface area contributed by atoms with Crippen LogP contribution in [-0.2, 0) is 16.0 Å². The predicted octanol–water partition coefficient (Wildman–Crippen LogP) is 3.26. The number of hydrogen-bond donors (Lipinski definition) is 1. The topological polar surface area (TPSA) is 30.5 Å². The largest absolute Gasteiger partial charge is 0.382 e. The van der Waals surface area contributed by atoms with E-state index in [1.54, 1.807) is 7.11 Å². The van der Waals surface area contributed by atoms with Crippen LogP contribution in [0.4, 0.5) is 8.78 Å². The second-order valence-electron chi connectivity index (χ2n) is 4.31. The summed E-state index contributed by atoms with van der Waals surface area (Å²) in [5, 5.41) is 3.03. The first-order valence-corrected chi connectivity index (χ1v) is 7.36. The number of rotatable bonds is 10. The smallest absolute Gasteiger partial charge is 0.144 e. The lowest BCUT2D eigenvalue weighted by molar-refractivity contribution is 0.0688. The molecule has 0 atom stereocenters. The van der Waals surface area contributed by atoms with Gasteiger partial charge >= 0.3 is 0 Å². The first-order chi connectivity index (χ1) is 9.66. The highest BCUT2D eigenvalue weighted by Crippen LogP contribution is 2.21. The van der Waals surface area contributed by atoms with E-state index >= 15 is 0 Å². The van der Waals surface area contributed by atoms with Gasteiger partial charge in [0, 0.05) is 25.8 Å². The van der Waals surface area contributed by atoms with E-state index in [1.165, 1.54) is 12.1 Å². The molecule has 0 saturated carbocycles. The molecule has 0 bridgehead atoms. The van der Waals surface area contributed by atoms with Crippen molar-refractivity contribution >= 4 is 15.9 Å². The van der Waals surface area contributed by atoms with E-state index in [2.05, 4.69) is 21.2 Å². The second kappa shape index (κ2) is 10.2. The van der Waals surface area contributed by atoms with E-state index in [4.69, 9.17) is 9.47 Å². The quantitative estimate of drug-likeness (QED) is 0.518. The number of methoxy groups -OCH3 is 1. The molecule has 0 heterocycles. The van der Waals surface area contributed by atoms with Crippen LogP contribution in [0.3, 0.4) is 0 Å². The number of ether oxygens (including phenoxy) is 2. The molecule has 0 aliphatic heterocycles. The molecule has 0 saturated heterocycles. The molecular weight excluding hydrogens is 332 g/mol. The highest BCUT2D eigenvalue weighted by atomic mass is 79.9. The van der Waals surface area contributed by atoms with Crippen LogP contribution in [0.25, 0.3) is 0 Å². The molecule has 0 aliphatic rings. The van der Waals surface area contributed by atoms with Crippen molar-refractivity contribution in [3.8, 4) is 0 Å². The van der Waals surface area contributed by atoms with Gasteiger partial charge < -0.3 is 14.8 Å². The Balaban J connectivity index is 2.14. The summed E-state index contributed by atoms with van der Waals surface area (Å²) in [6.07, 6.45) is 1.80. The molecule has 0 fully saturated rings. The molecule has 0 aromatic heterocycles. The van der Waals surface area contributed by atoms with Crippen LogP contribution >= 0.6 is 15.9 Å². The third kappa shape index (κ3) is 6.26. The molecule has 0 amide bonds. The van der Waals surface area contributed by atoms with Crippen molar-refractivity contribution in [2.45, 2.75) is 19.4 Å². The molecule has 0 spiro atoms. The minimum Gasteiger partial charge on any atom is -0.382 e. The van der Waals surface area contributed by atoms with Gasteiger partial charge in [-0.1, -0.05) is 0 Å². The van der Waals surface area contributed by atoms with E-state index in [-0.39, 0.29) is 16.6 Å². The van der Waals surface area contributed by atoms with Gasteiger partial charge in [0.2, 0.25) is 0 Å². The van der Waals surface area contributed by atoms with Crippen molar-refractivity contribution in [3.05, 3.63) is 33.8 Å². The minimum atomic E-state index is -0.541. The predicted molar refractivity (Wildman–Crippen MR) is 77.7 cm³/mol. The minimum absolute atomic E-state index is 0.0655. The third-order valence-corrected chi connectivity index (χ3v) is 3.38. The van der Waals surface area contributed by atoms with Crippen LogP contribution in [-0.4, -0.2) is 33.5 Å². The van der Waals surface area contributed by atoms with Gasteiger partial charge in [-0.2, -0.15) is 0 Å². The summed E-state index contributed by atoms with van der Waals surface area (Å²) in [4.78, 5) is 0. The van der Waals surface area contributed by atoms with Gasteiger partial charge in [0.15, 0.2) is 0 Å². The van der Waals surface area contributed by atoms with Gasteiger partial charge in [0.1, 0.15) is 11.6 Å². The second-order valence-corrected chi connectivity index (χ2v) is 5.17. The number of unbranched alkanes of at least 4 members (excludes halogenated alkanes) is 1. The fourth-order valence-electron chi connectivity index (χ4n) is 1.64. The van der Waals surface area contributed by atoms with E-state index in [9.17, 15) is 8.78 Å². The third-order valence-electron chi connectivity index (χ3n) is 2.76. The molecule has 0 radical (unpaired) electrons. The van der Waals surface area contributed by atoms with Gasteiger partial charge in [-0.3, -0.25) is 0 Å². The molecule has 1 N–H and O–H groups in total. The molecule has 114 valence electrons. The summed E-state index contributed by atoms with van der Waals surface area (Å²) in [7, 11) is 1.63. The van der Waals surface area contributed by atoms with E-state index in [0.29, 0.717) is 26.4 Å². The first kappa shape index (κ1) is 17.5. The van der Waals surface area contributed by atoms with Crippen molar-refractivity contribution in [1.82, 2.24) is 5.32 Å². The summed E-state index contributed by atoms with van der Waals surface area (Å²) < 4.78 is 37.5. The average molecular weight is 352 g/mol. The summed E-state index contributed by atoms with van der Waals surface area (Å²) in [5.41, 5.74) is 0.0655. The lowest BCUT2D eigenvalue weighted by Gasteiger charge is -2.08. The van der Waals surface area contributed by atoms with Crippen molar-refractivity contribution in [2.24, 2.45) is 0 Å². The zero-order valence-electron chi connectivity index (χ0n) is 11.6. The highest BCUT2D eigenvalue weighted by Gasteiger charge is 2.11. The standard InChI is InChI=1S/C14H20BrF2NO2/c1-19-8-9-20-7-3-2-6-18-10-11-13(16)5-4-12(15)14(11)17/h4-5,18H,2-3,6-10H2,1H3. The Morgan fingerprint density at radius 3 is 2.70 bits per heavy atom. The number of benzene rings is 1. The maximum absolute atomic E-state index is 13.7. The number of hydrogen-bond acceptors (Lipinski definition) is 3. The van der Waals surface area contributed by atoms with E-state index < -0.39 is 11.6 Å². The van der Waals surface area contributed by atoms with E-state index in [1.807, 2.05) is 0 Å². The van der Waals surface area contributed by atoms with Crippen molar-refractivity contribution < 1.29 is 18.3 Å². The highest BCUT2D eigenvalue weighted by molar-refractivity contribution is 9.10. The SMILES string of the molecule is COCCOCCCCNCc1c(F)ccc(Br)c1F. The Labute approximate surface area is 126 Å². The molecule has 1 aromatic rings. The number of nitrogens with one attached hydrogen (secondary N) is 1. The summed E-state index contributed by atoms with van der Waals surface area (Å²) in [5.74, 6) is -1.07. The van der Waals surface area contributed by atoms with Crippen molar-refractivity contribution in [2.75, 3.05) is 33.5 Å². The molecule has 1 aromatic carbocycles. The van der Waals surface area contributed by atoms with Gasteiger partial charge in [-0.15, -0.1) is 0 Å². The normalized spacial score (nSPS) is 11.0. The monoisotopic (exact) mass is 351 g/mol. The molecule has 6 heteroatoms. The lowest BCUT2D eigenvalue weighted by Crippen LogP contribution is -2.17. The molecular formula is C14H20BrF2NO2. The molecule has 1 rings (SSSR count). The zero-order chi connectivity index (χ0) is 14.8. The summed E-state index contributed by atoms with van der Waals surface area (Å²) in [6, 6.07) is 2.62. The average Bonchev–Trinajstić information content (AvgIpc) is 2.44. The summed E-state index contributed by atoms with van der Waals surface area (Å²) in [6.45, 7) is 2.74. The molecule has 0 unspecified atom stereocenters. The van der Waals surface area contributed by atoms with Crippen LogP contribution in [0.15, 0.2) is 16.6 Å². The Morgan fingerprint density at radius 1 is 1.15 bits per heavy atom. The van der Waals surface area contributed by atoms with E-state index in [0.717, 1.165) is 12.8 Å². The summed E-state index contributed by atoms with van der Waals surface area (Å²) >= 11 is 3.05. The van der Waals surface area contributed by atoms with Gasteiger partial charge in [-0.25, -0.2) is 8.78 Å². The van der Waals surface area contributed by atoms with Crippen molar-refractivity contribution in [3.63, 3.8) is 0 Å². The fraction of sp³-hybridized carbons (Fsp3) is 0.571. The van der Waals surface area contributed by atoms with Crippen LogP contribution in [0.1, 0.15) is 18.4 Å². The van der Waals surface area contributed by atoms with Gasteiger partial charge in [0.25, 0.3) is 0 Å². The zero-order valence-corrected chi connectivity index (χ0v) is 13.1. The van der Waals surface area contributed by atoms with Crippen LogP contribution in [0.2, 0.25) is 0 Å². The molecule has 3 nitrogen and oxygen atoms in total. The fourth-order valence-corrected chi connectivity index (χ4v) is 2.01. The Kier molecular flexibility index (Phi) is 8.93. The number of halogens is 3. The van der Waals surface area contributed by atoms with Gasteiger partial charge in [0.05, 0.1) is 17.7 Å². The van der Waals surface area contributed by atoms with Crippen LogP contribution < -0.4 is 5.32 Å². The molecule has 20 heavy (non-hydrogen) atoms. The van der Waals surface area contributed by atoms with Crippen LogP contribution in [0, 0.1) is 11.6 Å². The maximum Gasteiger partial charge on any atom is 0.144 e.